The van der Waals surface area contributed by atoms with Crippen LogP contribution in [0.1, 0.15) is 15.9 Å². The molecule has 0 atom stereocenters. The molecule has 0 radical (unpaired) electrons. The molecule has 5 heteroatoms. The number of thiophene rings is 1. The SMILES string of the molecule is Cc1cc(-c2scc(N)c2C(=O)O)ccc1Cl. The topological polar surface area (TPSA) is 63.3 Å². The minimum Gasteiger partial charge on any atom is -0.478 e. The summed E-state index contributed by atoms with van der Waals surface area (Å²) in [6.45, 7) is 1.88. The summed E-state index contributed by atoms with van der Waals surface area (Å²) in [5, 5.41) is 11.4. The zero-order valence-corrected chi connectivity index (χ0v) is 10.6. The number of nitrogens with two attached hydrogens (primary N) is 1. The molecule has 0 aliphatic rings. The van der Waals surface area contributed by atoms with Gasteiger partial charge in [0.2, 0.25) is 0 Å². The number of hydrogen-bond acceptors (Lipinski definition) is 3. The lowest BCUT2D eigenvalue weighted by Gasteiger charge is -2.04. The number of rotatable bonds is 2. The highest BCUT2D eigenvalue weighted by Crippen LogP contribution is 2.35. The zero-order valence-electron chi connectivity index (χ0n) is 9.03. The van der Waals surface area contributed by atoms with Crippen LogP contribution >= 0.6 is 22.9 Å². The summed E-state index contributed by atoms with van der Waals surface area (Å²) in [5.41, 5.74) is 7.85. The van der Waals surface area contributed by atoms with Crippen molar-refractivity contribution in [3.63, 3.8) is 0 Å². The molecule has 0 fully saturated rings. The lowest BCUT2D eigenvalue weighted by atomic mass is 10.1. The van der Waals surface area contributed by atoms with Crippen LogP contribution in [0.5, 0.6) is 0 Å². The van der Waals surface area contributed by atoms with Gasteiger partial charge in [0.1, 0.15) is 5.56 Å². The summed E-state index contributed by atoms with van der Waals surface area (Å²) in [5.74, 6) is -1.01. The average molecular weight is 268 g/mol. The van der Waals surface area contributed by atoms with Gasteiger partial charge in [-0.25, -0.2) is 4.79 Å². The van der Waals surface area contributed by atoms with E-state index < -0.39 is 5.97 Å². The maximum atomic E-state index is 11.1. The third-order valence-corrected chi connectivity index (χ3v) is 3.92. The van der Waals surface area contributed by atoms with Crippen molar-refractivity contribution < 1.29 is 9.90 Å². The van der Waals surface area contributed by atoms with Crippen molar-refractivity contribution in [1.29, 1.82) is 0 Å². The van der Waals surface area contributed by atoms with Gasteiger partial charge in [0.25, 0.3) is 0 Å². The van der Waals surface area contributed by atoms with Crippen molar-refractivity contribution in [1.82, 2.24) is 0 Å². The van der Waals surface area contributed by atoms with Crippen LogP contribution in [0.3, 0.4) is 0 Å². The first-order valence-corrected chi connectivity index (χ1v) is 6.13. The number of benzene rings is 1. The molecule has 1 aromatic heterocycles. The number of aromatic carboxylic acids is 1. The number of halogens is 1. The predicted molar refractivity (Wildman–Crippen MR) is 70.9 cm³/mol. The molecule has 2 rings (SSSR count). The van der Waals surface area contributed by atoms with E-state index in [9.17, 15) is 4.79 Å². The normalized spacial score (nSPS) is 10.5. The van der Waals surface area contributed by atoms with Crippen molar-refractivity contribution in [2.24, 2.45) is 0 Å². The standard InChI is InChI=1S/C12H10ClNO2S/c1-6-4-7(2-3-8(6)13)11-10(12(15)16)9(14)5-17-11/h2-5H,14H2,1H3,(H,15,16). The third-order valence-electron chi connectivity index (χ3n) is 2.45. The van der Waals surface area contributed by atoms with Gasteiger partial charge in [-0.1, -0.05) is 17.7 Å². The number of carbonyl (C=O) groups is 1. The van der Waals surface area contributed by atoms with E-state index in [0.29, 0.717) is 15.6 Å². The summed E-state index contributed by atoms with van der Waals surface area (Å²) in [4.78, 5) is 11.8. The third kappa shape index (κ3) is 2.14. The van der Waals surface area contributed by atoms with E-state index in [1.807, 2.05) is 13.0 Å². The molecule has 2 aromatic rings. The van der Waals surface area contributed by atoms with Crippen LogP contribution in [0.25, 0.3) is 10.4 Å². The van der Waals surface area contributed by atoms with E-state index in [0.717, 1.165) is 11.1 Å². The first kappa shape index (κ1) is 12.0. The monoisotopic (exact) mass is 267 g/mol. The van der Waals surface area contributed by atoms with Gasteiger partial charge >= 0.3 is 5.97 Å². The van der Waals surface area contributed by atoms with Gasteiger partial charge in [0.15, 0.2) is 0 Å². The number of carboxylic acid groups (broad SMARTS) is 1. The van der Waals surface area contributed by atoms with E-state index >= 15 is 0 Å². The summed E-state index contributed by atoms with van der Waals surface area (Å²) in [6.07, 6.45) is 0. The summed E-state index contributed by atoms with van der Waals surface area (Å²) in [7, 11) is 0. The first-order chi connectivity index (χ1) is 8.00. The molecule has 0 aliphatic heterocycles. The molecule has 0 saturated carbocycles. The van der Waals surface area contributed by atoms with E-state index in [1.54, 1.807) is 17.5 Å². The van der Waals surface area contributed by atoms with E-state index in [1.165, 1.54) is 11.3 Å². The zero-order chi connectivity index (χ0) is 12.6. The van der Waals surface area contributed by atoms with Gasteiger partial charge in [-0.2, -0.15) is 0 Å². The predicted octanol–water partition coefficient (Wildman–Crippen LogP) is 3.66. The smallest absolute Gasteiger partial charge is 0.339 e. The van der Waals surface area contributed by atoms with Crippen molar-refractivity contribution in [2.45, 2.75) is 6.92 Å². The number of carboxylic acids is 1. The van der Waals surface area contributed by atoms with Crippen LogP contribution in [-0.2, 0) is 0 Å². The van der Waals surface area contributed by atoms with Crippen LogP contribution < -0.4 is 5.73 Å². The molecule has 17 heavy (non-hydrogen) atoms. The molecule has 3 N–H and O–H groups in total. The fourth-order valence-corrected chi connectivity index (χ4v) is 2.66. The molecular formula is C12H10ClNO2S. The molecule has 3 nitrogen and oxygen atoms in total. The second kappa shape index (κ2) is 4.39. The van der Waals surface area contributed by atoms with Crippen molar-refractivity contribution in [2.75, 3.05) is 5.73 Å². The second-order valence-electron chi connectivity index (χ2n) is 3.66. The Hall–Kier alpha value is -1.52. The fourth-order valence-electron chi connectivity index (χ4n) is 1.59. The molecule has 0 spiro atoms. The minimum absolute atomic E-state index is 0.164. The Bertz CT molecular complexity index is 592. The fraction of sp³-hybridized carbons (Fsp3) is 0.0833. The maximum absolute atomic E-state index is 11.1. The highest BCUT2D eigenvalue weighted by molar-refractivity contribution is 7.14. The van der Waals surface area contributed by atoms with Crippen molar-refractivity contribution >= 4 is 34.6 Å². The second-order valence-corrected chi connectivity index (χ2v) is 4.95. The van der Waals surface area contributed by atoms with Crippen molar-refractivity contribution in [3.8, 4) is 10.4 Å². The van der Waals surface area contributed by atoms with Gasteiger partial charge < -0.3 is 10.8 Å². The van der Waals surface area contributed by atoms with Gasteiger partial charge in [-0.3, -0.25) is 0 Å². The van der Waals surface area contributed by atoms with Gasteiger partial charge in [0, 0.05) is 10.4 Å². The van der Waals surface area contributed by atoms with Crippen LogP contribution in [-0.4, -0.2) is 11.1 Å². The Morgan fingerprint density at radius 2 is 2.18 bits per heavy atom. The van der Waals surface area contributed by atoms with Crippen LogP contribution in [0.2, 0.25) is 5.02 Å². The van der Waals surface area contributed by atoms with Crippen LogP contribution in [0.4, 0.5) is 5.69 Å². The molecule has 1 aromatic carbocycles. The van der Waals surface area contributed by atoms with Gasteiger partial charge in [0.05, 0.1) is 10.6 Å². The lowest BCUT2D eigenvalue weighted by molar-refractivity contribution is 0.0699. The number of nitrogen functional groups attached to an aromatic ring is 1. The highest BCUT2D eigenvalue weighted by Gasteiger charge is 2.18. The highest BCUT2D eigenvalue weighted by atomic mass is 35.5. The van der Waals surface area contributed by atoms with Crippen LogP contribution in [0, 0.1) is 6.92 Å². The summed E-state index contributed by atoms with van der Waals surface area (Å²) >= 11 is 7.26. The maximum Gasteiger partial charge on any atom is 0.339 e. The van der Waals surface area contributed by atoms with Gasteiger partial charge in [-0.05, 0) is 30.2 Å². The van der Waals surface area contributed by atoms with E-state index in [4.69, 9.17) is 22.4 Å². The molecular weight excluding hydrogens is 258 g/mol. The van der Waals surface area contributed by atoms with Crippen molar-refractivity contribution in [3.05, 3.63) is 39.7 Å². The Kier molecular flexibility index (Phi) is 3.09. The summed E-state index contributed by atoms with van der Waals surface area (Å²) in [6, 6.07) is 5.42. The molecule has 0 unspecified atom stereocenters. The molecule has 0 amide bonds. The molecule has 0 saturated heterocycles. The quantitative estimate of drug-likeness (QED) is 0.873. The van der Waals surface area contributed by atoms with Crippen LogP contribution in [0.15, 0.2) is 23.6 Å². The van der Waals surface area contributed by atoms with E-state index in [2.05, 4.69) is 0 Å². The molecule has 1 heterocycles. The average Bonchev–Trinajstić information content (AvgIpc) is 2.64. The molecule has 88 valence electrons. The first-order valence-electron chi connectivity index (χ1n) is 4.87. The lowest BCUT2D eigenvalue weighted by Crippen LogP contribution is -2.00. The number of aryl methyl sites for hydroxylation is 1. The minimum atomic E-state index is -1.01. The Morgan fingerprint density at radius 1 is 1.47 bits per heavy atom. The Morgan fingerprint density at radius 3 is 2.76 bits per heavy atom. The Balaban J connectivity index is 2.60. The van der Waals surface area contributed by atoms with Gasteiger partial charge in [-0.15, -0.1) is 11.3 Å². The molecule has 0 aliphatic carbocycles. The molecule has 0 bridgehead atoms. The Labute approximate surface area is 107 Å². The number of anilines is 1. The largest absolute Gasteiger partial charge is 0.478 e. The number of hydrogen-bond donors (Lipinski definition) is 2. The van der Waals surface area contributed by atoms with E-state index in [-0.39, 0.29) is 5.56 Å². The summed E-state index contributed by atoms with van der Waals surface area (Å²) < 4.78 is 0.